The fourth-order valence-corrected chi connectivity index (χ4v) is 4.41. The van der Waals surface area contributed by atoms with E-state index < -0.39 is 35.9 Å². The van der Waals surface area contributed by atoms with E-state index in [-0.39, 0.29) is 50.2 Å². The number of rotatable bonds is 12. The van der Waals surface area contributed by atoms with Gasteiger partial charge in [0.2, 0.25) is 5.91 Å². The Kier molecular flexibility index (Phi) is 10.6. The maximum absolute atomic E-state index is 12.8. The summed E-state index contributed by atoms with van der Waals surface area (Å²) in [6.07, 6.45) is -3.09. The fourth-order valence-electron chi connectivity index (χ4n) is 4.41. The van der Waals surface area contributed by atoms with Gasteiger partial charge < -0.3 is 15.1 Å². The number of nitrogens with one attached hydrogen (secondary N) is 1. The van der Waals surface area contributed by atoms with Crippen LogP contribution in [0, 0.1) is 0 Å². The molecule has 41 heavy (non-hydrogen) atoms. The molecule has 12 heteroatoms. The molecule has 1 saturated heterocycles. The molecule has 220 valence electrons. The molecule has 4 amide bonds. The summed E-state index contributed by atoms with van der Waals surface area (Å²) >= 11 is 0. The highest BCUT2D eigenvalue weighted by atomic mass is 19.4. The Balaban J connectivity index is 1.38. The molecule has 0 aromatic heterocycles. The zero-order chi connectivity index (χ0) is 30.2. The van der Waals surface area contributed by atoms with Crippen LogP contribution in [0.25, 0.3) is 0 Å². The lowest BCUT2D eigenvalue weighted by Gasteiger charge is -2.29. The fraction of sp³-hybridized carbons (Fsp3) is 0.414. The Hall–Kier alpha value is -4.22. The van der Waals surface area contributed by atoms with Gasteiger partial charge in [-0.15, -0.1) is 5.06 Å². The third-order valence-corrected chi connectivity index (χ3v) is 6.66. The number of alkyl halides is 3. The van der Waals surface area contributed by atoms with Gasteiger partial charge in [-0.3, -0.25) is 19.2 Å². The molecule has 0 aliphatic carbocycles. The molecule has 1 aliphatic heterocycles. The van der Waals surface area contributed by atoms with Crippen molar-refractivity contribution in [2.45, 2.75) is 71.1 Å². The average molecular weight is 576 g/mol. The number of nitrogens with zero attached hydrogens (tertiary/aromatic N) is 2. The second kappa shape index (κ2) is 13.9. The van der Waals surface area contributed by atoms with Crippen molar-refractivity contribution in [1.82, 2.24) is 15.3 Å². The number of amides is 4. The molecule has 1 atom stereocenters. The molecule has 9 nitrogen and oxygen atoms in total. The van der Waals surface area contributed by atoms with E-state index in [1.165, 1.54) is 19.1 Å². The first-order chi connectivity index (χ1) is 19.4. The van der Waals surface area contributed by atoms with Gasteiger partial charge in [0, 0.05) is 38.4 Å². The Morgan fingerprint density at radius 2 is 1.51 bits per heavy atom. The number of carbonyl (C=O) groups excluding carboxylic acids is 5. The number of likely N-dealkylation sites (N-methyl/N-ethyl adjacent to an activating group) is 1. The van der Waals surface area contributed by atoms with Crippen LogP contribution in [0.4, 0.5) is 13.2 Å². The normalized spacial score (nSPS) is 14.1. The van der Waals surface area contributed by atoms with Gasteiger partial charge in [0.15, 0.2) is 0 Å². The number of carbonyl (C=O) groups is 5. The van der Waals surface area contributed by atoms with E-state index in [1.54, 1.807) is 19.1 Å². The standard InChI is InChI=1S/C29H32F3N3O6/c1-3-34(28(40)29(30,31)32)19(2)17-21-9-7-20(8-10-21)5-4-6-24(36)33-18-22-11-13-23(14-12-22)27(39)41-35-25(37)15-16-26(35)38/h7-14,19H,3-6,15-18H2,1-2H3,(H,33,36)/t19-/m0/s1. The number of imide groups is 1. The van der Waals surface area contributed by atoms with Crippen molar-refractivity contribution in [3.63, 3.8) is 0 Å². The van der Waals surface area contributed by atoms with Crippen molar-refractivity contribution in [2.75, 3.05) is 6.54 Å². The lowest BCUT2D eigenvalue weighted by molar-refractivity contribution is -0.187. The van der Waals surface area contributed by atoms with Crippen LogP contribution in [0.1, 0.15) is 66.6 Å². The monoisotopic (exact) mass is 575 g/mol. The van der Waals surface area contributed by atoms with Crippen molar-refractivity contribution in [1.29, 1.82) is 0 Å². The van der Waals surface area contributed by atoms with Crippen molar-refractivity contribution >= 4 is 29.6 Å². The van der Waals surface area contributed by atoms with Crippen LogP contribution in [0.2, 0.25) is 0 Å². The molecule has 0 bridgehead atoms. The Labute approximate surface area is 235 Å². The largest absolute Gasteiger partial charge is 0.471 e. The SMILES string of the molecule is CCN(C(=O)C(F)(F)F)[C@@H](C)Cc1ccc(CCCC(=O)NCc2ccc(C(=O)ON3C(=O)CCC3=O)cc2)cc1. The van der Waals surface area contributed by atoms with Crippen LogP contribution in [-0.4, -0.2) is 58.3 Å². The molecule has 1 aliphatic rings. The summed E-state index contributed by atoms with van der Waals surface area (Å²) in [6.45, 7) is 3.31. The molecule has 0 saturated carbocycles. The van der Waals surface area contributed by atoms with Gasteiger partial charge in [-0.2, -0.15) is 13.2 Å². The third kappa shape index (κ3) is 8.89. The predicted molar refractivity (Wildman–Crippen MR) is 141 cm³/mol. The van der Waals surface area contributed by atoms with E-state index in [0.29, 0.717) is 17.9 Å². The lowest BCUT2D eigenvalue weighted by Crippen LogP contribution is -2.46. The first-order valence-electron chi connectivity index (χ1n) is 13.3. The summed E-state index contributed by atoms with van der Waals surface area (Å²) in [4.78, 5) is 64.9. The third-order valence-electron chi connectivity index (χ3n) is 6.66. The zero-order valence-electron chi connectivity index (χ0n) is 22.8. The second-order valence-corrected chi connectivity index (χ2v) is 9.75. The number of hydrogen-bond donors (Lipinski definition) is 1. The number of hydrogen-bond acceptors (Lipinski definition) is 6. The van der Waals surface area contributed by atoms with Gasteiger partial charge in [0.05, 0.1) is 5.56 Å². The molecule has 0 unspecified atom stereocenters. The number of aryl methyl sites for hydroxylation is 1. The number of benzene rings is 2. The van der Waals surface area contributed by atoms with Crippen molar-refractivity contribution < 1.29 is 42.0 Å². The molecular weight excluding hydrogens is 543 g/mol. The van der Waals surface area contributed by atoms with Gasteiger partial charge in [0.25, 0.3) is 11.8 Å². The summed E-state index contributed by atoms with van der Waals surface area (Å²) in [7, 11) is 0. The van der Waals surface area contributed by atoms with E-state index in [9.17, 15) is 37.1 Å². The summed E-state index contributed by atoms with van der Waals surface area (Å²) < 4.78 is 38.4. The van der Waals surface area contributed by atoms with Gasteiger partial charge >= 0.3 is 18.1 Å². The van der Waals surface area contributed by atoms with Crippen LogP contribution < -0.4 is 5.32 Å². The van der Waals surface area contributed by atoms with Gasteiger partial charge in [-0.1, -0.05) is 36.4 Å². The smallest absolute Gasteiger partial charge is 0.352 e. The van der Waals surface area contributed by atoms with E-state index in [0.717, 1.165) is 21.6 Å². The first-order valence-corrected chi connectivity index (χ1v) is 13.3. The molecule has 2 aromatic rings. The maximum atomic E-state index is 12.8. The van der Waals surface area contributed by atoms with Crippen LogP contribution in [0.15, 0.2) is 48.5 Å². The van der Waals surface area contributed by atoms with E-state index in [1.807, 2.05) is 24.3 Å². The molecule has 0 spiro atoms. The minimum Gasteiger partial charge on any atom is -0.352 e. The van der Waals surface area contributed by atoms with Gasteiger partial charge in [-0.25, -0.2) is 4.79 Å². The van der Waals surface area contributed by atoms with Crippen molar-refractivity contribution in [3.05, 3.63) is 70.8 Å². The van der Waals surface area contributed by atoms with Crippen LogP contribution in [-0.2, 0) is 43.4 Å². The minimum atomic E-state index is -4.90. The van der Waals surface area contributed by atoms with Crippen LogP contribution >= 0.6 is 0 Å². The Morgan fingerprint density at radius 1 is 0.951 bits per heavy atom. The topological polar surface area (TPSA) is 113 Å². The Bertz CT molecular complexity index is 1250. The number of hydroxylamine groups is 2. The summed E-state index contributed by atoms with van der Waals surface area (Å²) in [5.74, 6) is -3.94. The van der Waals surface area contributed by atoms with Crippen LogP contribution in [0.5, 0.6) is 0 Å². The summed E-state index contributed by atoms with van der Waals surface area (Å²) in [6, 6.07) is 13.0. The van der Waals surface area contributed by atoms with E-state index >= 15 is 0 Å². The molecule has 0 radical (unpaired) electrons. The molecule has 1 N–H and O–H groups in total. The summed E-state index contributed by atoms with van der Waals surface area (Å²) in [5, 5.41) is 3.29. The molecule has 1 fully saturated rings. The highest BCUT2D eigenvalue weighted by Gasteiger charge is 2.43. The lowest BCUT2D eigenvalue weighted by atomic mass is 10.0. The van der Waals surface area contributed by atoms with Crippen molar-refractivity contribution in [3.8, 4) is 0 Å². The predicted octanol–water partition coefficient (Wildman–Crippen LogP) is 3.89. The minimum absolute atomic E-state index is 0.00942. The van der Waals surface area contributed by atoms with Gasteiger partial charge in [-0.05, 0) is 61.9 Å². The van der Waals surface area contributed by atoms with Crippen molar-refractivity contribution in [2.24, 2.45) is 0 Å². The second-order valence-electron chi connectivity index (χ2n) is 9.75. The highest BCUT2D eigenvalue weighted by molar-refractivity contribution is 6.02. The molecule has 2 aromatic carbocycles. The van der Waals surface area contributed by atoms with Crippen LogP contribution in [0.3, 0.4) is 0 Å². The first kappa shape index (κ1) is 31.3. The average Bonchev–Trinajstić information content (AvgIpc) is 3.25. The summed E-state index contributed by atoms with van der Waals surface area (Å²) in [5.41, 5.74) is 2.69. The molecule has 1 heterocycles. The zero-order valence-corrected chi connectivity index (χ0v) is 22.8. The van der Waals surface area contributed by atoms with E-state index in [2.05, 4.69) is 5.32 Å². The van der Waals surface area contributed by atoms with Gasteiger partial charge in [0.1, 0.15) is 0 Å². The highest BCUT2D eigenvalue weighted by Crippen LogP contribution is 2.21. The maximum Gasteiger partial charge on any atom is 0.471 e. The quantitative estimate of drug-likeness (QED) is 0.385. The van der Waals surface area contributed by atoms with E-state index in [4.69, 9.17) is 4.84 Å². The number of halogens is 3. The molecule has 3 rings (SSSR count). The molecular formula is C29H32F3N3O6. The Morgan fingerprint density at radius 3 is 2.07 bits per heavy atom.